The van der Waals surface area contributed by atoms with E-state index in [9.17, 15) is 9.90 Å². The number of aromatic nitrogens is 2. The molecule has 0 saturated heterocycles. The third-order valence-electron chi connectivity index (χ3n) is 5.59. The van der Waals surface area contributed by atoms with Crippen LogP contribution in [0.2, 0.25) is 0 Å². The molecule has 0 unspecified atom stereocenters. The average Bonchev–Trinajstić information content (AvgIpc) is 2.84. The van der Waals surface area contributed by atoms with Crippen LogP contribution in [0, 0.1) is 20.8 Å². The van der Waals surface area contributed by atoms with Crippen molar-refractivity contribution in [3.05, 3.63) is 39.7 Å². The van der Waals surface area contributed by atoms with E-state index in [1.807, 2.05) is 20.8 Å². The van der Waals surface area contributed by atoms with Crippen LogP contribution in [0.4, 0.5) is 0 Å². The van der Waals surface area contributed by atoms with Gasteiger partial charge in [-0.15, -0.1) is 0 Å². The minimum absolute atomic E-state index is 0.357. The van der Waals surface area contributed by atoms with Gasteiger partial charge in [0.25, 0.3) is 0 Å². The van der Waals surface area contributed by atoms with E-state index in [0.717, 1.165) is 59.7 Å². The van der Waals surface area contributed by atoms with Gasteiger partial charge in [0.2, 0.25) is 0 Å². The first-order valence-electron chi connectivity index (χ1n) is 8.95. The van der Waals surface area contributed by atoms with E-state index < -0.39 is 5.97 Å². The van der Waals surface area contributed by atoms with Gasteiger partial charge in [0.05, 0.1) is 11.3 Å². The first-order valence-corrected chi connectivity index (χ1v) is 8.95. The van der Waals surface area contributed by atoms with Gasteiger partial charge in [-0.1, -0.05) is 0 Å². The Morgan fingerprint density at radius 3 is 2.48 bits per heavy atom. The second-order valence-electron chi connectivity index (χ2n) is 7.29. The van der Waals surface area contributed by atoms with Gasteiger partial charge in [-0.05, 0) is 57.4 Å². The molecule has 0 radical (unpaired) electrons. The fraction of sp³-hybridized carbons (Fsp3) is 0.500. The zero-order valence-corrected chi connectivity index (χ0v) is 15.7. The van der Waals surface area contributed by atoms with E-state index in [1.54, 1.807) is 6.07 Å². The number of nitrogens with one attached hydrogen (secondary N) is 1. The summed E-state index contributed by atoms with van der Waals surface area (Å²) in [7, 11) is 0. The summed E-state index contributed by atoms with van der Waals surface area (Å²) < 4.78 is 0. The Labute approximate surface area is 149 Å². The number of nitrogens with zero attached hydrogens (tertiary/aromatic N) is 2. The largest absolute Gasteiger partial charge is 0.478 e. The lowest BCUT2D eigenvalue weighted by Crippen LogP contribution is -2.33. The van der Waals surface area contributed by atoms with Crippen LogP contribution in [0.5, 0.6) is 0 Å². The van der Waals surface area contributed by atoms with Crippen molar-refractivity contribution in [2.75, 3.05) is 13.1 Å². The van der Waals surface area contributed by atoms with Crippen LogP contribution >= 0.6 is 0 Å². The molecule has 1 aliphatic rings. The standard InChI is InChI=1S/C20H27N3O2/c1-11(2)23-8-6-17-18(7-9-23)22-19(21-17)15-10-16(20(24)25)14(5)12(3)13(15)4/h10-11H,6-9H2,1-5H3,(H,21,22)(H,24,25). The number of rotatable bonds is 3. The van der Waals surface area contributed by atoms with Crippen molar-refractivity contribution in [2.24, 2.45) is 0 Å². The van der Waals surface area contributed by atoms with Gasteiger partial charge in [-0.25, -0.2) is 9.78 Å². The summed E-state index contributed by atoms with van der Waals surface area (Å²) in [6.45, 7) is 12.4. The van der Waals surface area contributed by atoms with Crippen molar-refractivity contribution in [3.63, 3.8) is 0 Å². The Morgan fingerprint density at radius 2 is 1.84 bits per heavy atom. The minimum Gasteiger partial charge on any atom is -0.478 e. The van der Waals surface area contributed by atoms with Crippen molar-refractivity contribution in [3.8, 4) is 11.4 Å². The molecule has 0 fully saturated rings. The van der Waals surface area contributed by atoms with Crippen LogP contribution in [0.15, 0.2) is 6.07 Å². The van der Waals surface area contributed by atoms with Gasteiger partial charge >= 0.3 is 5.97 Å². The molecule has 1 aromatic heterocycles. The van der Waals surface area contributed by atoms with E-state index in [2.05, 4.69) is 23.7 Å². The molecule has 5 heteroatoms. The van der Waals surface area contributed by atoms with Crippen molar-refractivity contribution in [2.45, 2.75) is 53.5 Å². The lowest BCUT2D eigenvalue weighted by atomic mass is 9.93. The second kappa shape index (κ2) is 6.64. The highest BCUT2D eigenvalue weighted by Crippen LogP contribution is 2.30. The fourth-order valence-corrected chi connectivity index (χ4v) is 3.63. The van der Waals surface area contributed by atoms with Crippen LogP contribution in [0.1, 0.15) is 52.3 Å². The summed E-state index contributed by atoms with van der Waals surface area (Å²) in [6, 6.07) is 2.31. The molecule has 1 aliphatic heterocycles. The Balaban J connectivity index is 2.00. The molecule has 0 atom stereocenters. The van der Waals surface area contributed by atoms with Crippen molar-refractivity contribution >= 4 is 5.97 Å². The number of H-pyrrole nitrogens is 1. The van der Waals surface area contributed by atoms with Crippen LogP contribution in [0.25, 0.3) is 11.4 Å². The second-order valence-corrected chi connectivity index (χ2v) is 7.29. The molecule has 5 nitrogen and oxygen atoms in total. The molecule has 0 aliphatic carbocycles. The van der Waals surface area contributed by atoms with E-state index in [0.29, 0.717) is 11.6 Å². The van der Waals surface area contributed by atoms with Crippen molar-refractivity contribution < 1.29 is 9.90 Å². The number of carbonyl (C=O) groups is 1. The summed E-state index contributed by atoms with van der Waals surface area (Å²) in [5.41, 5.74) is 6.50. The lowest BCUT2D eigenvalue weighted by Gasteiger charge is -2.23. The quantitative estimate of drug-likeness (QED) is 0.896. The summed E-state index contributed by atoms with van der Waals surface area (Å²) in [4.78, 5) is 22.3. The molecule has 2 N–H and O–H groups in total. The molecule has 25 heavy (non-hydrogen) atoms. The number of aromatic amines is 1. The van der Waals surface area contributed by atoms with E-state index in [1.165, 1.54) is 5.69 Å². The van der Waals surface area contributed by atoms with E-state index >= 15 is 0 Å². The predicted molar refractivity (Wildman–Crippen MR) is 99.3 cm³/mol. The molecule has 3 rings (SSSR count). The molecule has 1 aromatic carbocycles. The van der Waals surface area contributed by atoms with Crippen LogP contribution in [0.3, 0.4) is 0 Å². The third kappa shape index (κ3) is 3.21. The fourth-order valence-electron chi connectivity index (χ4n) is 3.63. The maximum atomic E-state index is 11.6. The summed E-state index contributed by atoms with van der Waals surface area (Å²) in [5, 5.41) is 9.50. The topological polar surface area (TPSA) is 69.2 Å². The summed E-state index contributed by atoms with van der Waals surface area (Å²) >= 11 is 0. The minimum atomic E-state index is -0.887. The number of fused-ring (bicyclic) bond motifs is 1. The predicted octanol–water partition coefficient (Wildman–Crippen LogP) is 3.51. The molecule has 0 saturated carbocycles. The third-order valence-corrected chi connectivity index (χ3v) is 5.59. The normalized spacial score (nSPS) is 15.3. The molecule has 134 valence electrons. The Bertz CT molecular complexity index is 795. The average molecular weight is 341 g/mol. The molecule has 2 aromatic rings. The smallest absolute Gasteiger partial charge is 0.335 e. The summed E-state index contributed by atoms with van der Waals surface area (Å²) in [6.07, 6.45) is 1.88. The van der Waals surface area contributed by atoms with E-state index in [4.69, 9.17) is 4.98 Å². The van der Waals surface area contributed by atoms with Crippen LogP contribution in [-0.2, 0) is 12.8 Å². The zero-order chi connectivity index (χ0) is 18.3. The Kier molecular flexibility index (Phi) is 4.69. The Morgan fingerprint density at radius 1 is 1.16 bits per heavy atom. The first-order chi connectivity index (χ1) is 11.8. The maximum absolute atomic E-state index is 11.6. The maximum Gasteiger partial charge on any atom is 0.335 e. The highest BCUT2D eigenvalue weighted by atomic mass is 16.4. The number of carboxylic acids is 1. The SMILES string of the molecule is Cc1c(C(=O)O)cc(-c2nc3c([nH]2)CCN(C(C)C)CC3)c(C)c1C. The molecular weight excluding hydrogens is 314 g/mol. The highest BCUT2D eigenvalue weighted by molar-refractivity contribution is 5.92. The monoisotopic (exact) mass is 341 g/mol. The molecular formula is C20H27N3O2. The number of hydrogen-bond donors (Lipinski definition) is 2. The zero-order valence-electron chi connectivity index (χ0n) is 15.7. The Hall–Kier alpha value is -2.14. The van der Waals surface area contributed by atoms with Gasteiger partial charge in [-0.2, -0.15) is 0 Å². The van der Waals surface area contributed by atoms with Gasteiger partial charge < -0.3 is 15.0 Å². The highest BCUT2D eigenvalue weighted by Gasteiger charge is 2.22. The van der Waals surface area contributed by atoms with Gasteiger partial charge in [0.15, 0.2) is 0 Å². The van der Waals surface area contributed by atoms with E-state index in [-0.39, 0.29) is 0 Å². The lowest BCUT2D eigenvalue weighted by molar-refractivity contribution is 0.0696. The molecule has 2 heterocycles. The van der Waals surface area contributed by atoms with Gasteiger partial charge in [0.1, 0.15) is 5.82 Å². The van der Waals surface area contributed by atoms with Gasteiger partial charge in [0, 0.05) is 43.2 Å². The number of aromatic carboxylic acids is 1. The van der Waals surface area contributed by atoms with Crippen molar-refractivity contribution in [1.29, 1.82) is 0 Å². The number of carboxylic acid groups (broad SMARTS) is 1. The molecule has 0 spiro atoms. The molecule has 0 bridgehead atoms. The number of hydrogen-bond acceptors (Lipinski definition) is 3. The summed E-state index contributed by atoms with van der Waals surface area (Å²) in [5.74, 6) is -0.0892. The first kappa shape index (κ1) is 17.7. The van der Waals surface area contributed by atoms with Crippen molar-refractivity contribution in [1.82, 2.24) is 14.9 Å². The molecule has 0 amide bonds. The number of benzene rings is 1. The van der Waals surface area contributed by atoms with Crippen LogP contribution < -0.4 is 0 Å². The van der Waals surface area contributed by atoms with Crippen LogP contribution in [-0.4, -0.2) is 45.1 Å². The van der Waals surface area contributed by atoms with Gasteiger partial charge in [-0.3, -0.25) is 0 Å². The number of imidazole rings is 1.